The third-order valence-corrected chi connectivity index (χ3v) is 4.61. The van der Waals surface area contributed by atoms with Crippen LogP contribution in [-0.2, 0) is 21.1 Å². The van der Waals surface area contributed by atoms with Gasteiger partial charge in [0, 0.05) is 21.1 Å². The molecule has 0 aliphatic carbocycles. The lowest BCUT2D eigenvalue weighted by Gasteiger charge is -2.05. The number of fused-ring (bicyclic) bond motifs is 1. The molecule has 0 radical (unpaired) electrons. The van der Waals surface area contributed by atoms with E-state index in [1.54, 1.807) is 31.3 Å². The first-order valence-corrected chi connectivity index (χ1v) is 9.09. The Hall–Kier alpha value is -4.75. The Balaban J connectivity index is 1.57. The summed E-state index contributed by atoms with van der Waals surface area (Å²) in [5.41, 5.74) is 7.58. The molecule has 0 spiro atoms. The van der Waals surface area contributed by atoms with Crippen molar-refractivity contribution in [1.82, 2.24) is 34.4 Å². The number of nitrogens with two attached hydrogens (primary N) is 1. The molecule has 0 bridgehead atoms. The minimum absolute atomic E-state index is 0.120. The minimum atomic E-state index is -0.681. The summed E-state index contributed by atoms with van der Waals surface area (Å²) in [6, 6.07) is 6.86. The van der Waals surface area contributed by atoms with E-state index in [-0.39, 0.29) is 28.7 Å². The van der Waals surface area contributed by atoms with Gasteiger partial charge in [-0.05, 0) is 28.0 Å². The Kier molecular flexibility index (Phi) is 5.02. The fourth-order valence-electron chi connectivity index (χ4n) is 2.92. The van der Waals surface area contributed by atoms with E-state index in [1.807, 2.05) is 0 Å². The summed E-state index contributed by atoms with van der Waals surface area (Å²) in [6.07, 6.45) is 1.38. The zero-order chi connectivity index (χ0) is 23.0. The predicted molar refractivity (Wildman–Crippen MR) is 111 cm³/mol. The van der Waals surface area contributed by atoms with Gasteiger partial charge < -0.3 is 10.5 Å². The van der Waals surface area contributed by atoms with Gasteiger partial charge in [0.05, 0.1) is 6.21 Å². The number of hydrogen-bond donors (Lipinski definition) is 2. The van der Waals surface area contributed by atoms with Gasteiger partial charge in [-0.1, -0.05) is 12.1 Å². The standard InChI is InChI=1S/C18H17N9O5/c1-25-12-14(26(2)18(30)27(3)16(12)29)21-17(25)31-10-6-4-5-9(7-10)8-20-22-15(28)11-13(19)24-32-23-11/h4-8H,1-3H3,(H2,19,24)(H,22,28)/b20-8+. The van der Waals surface area contributed by atoms with Crippen molar-refractivity contribution in [3.8, 4) is 11.8 Å². The number of rotatable bonds is 5. The predicted octanol–water partition coefficient (Wildman–Crippen LogP) is -0.508. The summed E-state index contributed by atoms with van der Waals surface area (Å²) < 4.78 is 13.9. The number of hydrazone groups is 1. The average Bonchev–Trinajstić information content (AvgIpc) is 3.34. The van der Waals surface area contributed by atoms with Crippen molar-refractivity contribution in [2.75, 3.05) is 5.73 Å². The third kappa shape index (κ3) is 3.49. The van der Waals surface area contributed by atoms with Crippen LogP contribution in [0.2, 0.25) is 0 Å². The molecule has 0 unspecified atom stereocenters. The van der Waals surface area contributed by atoms with E-state index < -0.39 is 17.2 Å². The Bertz CT molecular complexity index is 1490. The normalized spacial score (nSPS) is 11.3. The summed E-state index contributed by atoms with van der Waals surface area (Å²) in [5.74, 6) is -0.437. The van der Waals surface area contributed by atoms with Crippen molar-refractivity contribution in [3.63, 3.8) is 0 Å². The fourth-order valence-corrected chi connectivity index (χ4v) is 2.92. The topological polar surface area (TPSA) is 177 Å². The quantitative estimate of drug-likeness (QED) is 0.306. The van der Waals surface area contributed by atoms with E-state index in [1.165, 1.54) is 29.4 Å². The number of aryl methyl sites for hydroxylation is 2. The molecule has 0 aliphatic rings. The molecule has 164 valence electrons. The van der Waals surface area contributed by atoms with Gasteiger partial charge in [-0.15, -0.1) is 0 Å². The number of nitrogens with zero attached hydrogens (tertiary/aromatic N) is 7. The number of nitrogen functional groups attached to an aromatic ring is 1. The molecule has 14 nitrogen and oxygen atoms in total. The first kappa shape index (κ1) is 20.5. The molecule has 0 aliphatic heterocycles. The molecule has 0 saturated carbocycles. The number of benzene rings is 1. The molecule has 3 heterocycles. The highest BCUT2D eigenvalue weighted by atomic mass is 16.6. The second kappa shape index (κ2) is 7.82. The highest BCUT2D eigenvalue weighted by Crippen LogP contribution is 2.23. The summed E-state index contributed by atoms with van der Waals surface area (Å²) in [4.78, 5) is 40.8. The van der Waals surface area contributed by atoms with Crippen molar-refractivity contribution in [3.05, 3.63) is 56.4 Å². The lowest BCUT2D eigenvalue weighted by Crippen LogP contribution is -2.37. The highest BCUT2D eigenvalue weighted by molar-refractivity contribution is 5.96. The van der Waals surface area contributed by atoms with E-state index in [0.717, 1.165) is 4.57 Å². The van der Waals surface area contributed by atoms with Crippen LogP contribution >= 0.6 is 0 Å². The number of aromatic nitrogens is 6. The molecule has 1 aromatic carbocycles. The second-order valence-electron chi connectivity index (χ2n) is 6.70. The first-order valence-electron chi connectivity index (χ1n) is 9.09. The van der Waals surface area contributed by atoms with Gasteiger partial charge in [0.15, 0.2) is 11.2 Å². The molecule has 4 rings (SSSR count). The summed E-state index contributed by atoms with van der Waals surface area (Å²) >= 11 is 0. The summed E-state index contributed by atoms with van der Waals surface area (Å²) in [7, 11) is 4.53. The van der Waals surface area contributed by atoms with Gasteiger partial charge in [0.2, 0.25) is 11.5 Å². The average molecular weight is 439 g/mol. The van der Waals surface area contributed by atoms with Crippen molar-refractivity contribution in [2.45, 2.75) is 0 Å². The monoisotopic (exact) mass is 439 g/mol. The van der Waals surface area contributed by atoms with E-state index in [9.17, 15) is 14.4 Å². The van der Waals surface area contributed by atoms with Crippen molar-refractivity contribution in [1.29, 1.82) is 0 Å². The lowest BCUT2D eigenvalue weighted by molar-refractivity contribution is 0.0946. The van der Waals surface area contributed by atoms with Crippen LogP contribution in [0.1, 0.15) is 16.1 Å². The van der Waals surface area contributed by atoms with Gasteiger partial charge in [-0.25, -0.2) is 14.8 Å². The number of imidazole rings is 1. The SMILES string of the molecule is Cn1c(=O)c2c(nc(Oc3cccc(/C=N/NC(=O)c4nonc4N)c3)n2C)n(C)c1=O. The molecule has 4 aromatic rings. The van der Waals surface area contributed by atoms with Crippen molar-refractivity contribution >= 4 is 29.1 Å². The number of nitrogens with one attached hydrogen (secondary N) is 1. The van der Waals surface area contributed by atoms with Gasteiger partial charge in [0.1, 0.15) is 5.75 Å². The van der Waals surface area contributed by atoms with E-state index in [4.69, 9.17) is 10.5 Å². The molecule has 32 heavy (non-hydrogen) atoms. The smallest absolute Gasteiger partial charge is 0.332 e. The van der Waals surface area contributed by atoms with Crippen LogP contribution in [0.15, 0.2) is 43.6 Å². The maximum atomic E-state index is 12.5. The summed E-state index contributed by atoms with van der Waals surface area (Å²) in [5, 5.41) is 10.5. The largest absolute Gasteiger partial charge is 0.425 e. The Morgan fingerprint density at radius 2 is 1.97 bits per heavy atom. The Morgan fingerprint density at radius 1 is 1.19 bits per heavy atom. The molecule has 0 fully saturated rings. The zero-order valence-corrected chi connectivity index (χ0v) is 17.1. The van der Waals surface area contributed by atoms with Crippen LogP contribution in [0.3, 0.4) is 0 Å². The number of carbonyl (C=O) groups is 1. The first-order chi connectivity index (χ1) is 15.3. The lowest BCUT2D eigenvalue weighted by atomic mass is 10.2. The molecule has 1 amide bonds. The van der Waals surface area contributed by atoms with Crippen molar-refractivity contribution < 1.29 is 14.2 Å². The highest BCUT2D eigenvalue weighted by Gasteiger charge is 2.18. The third-order valence-electron chi connectivity index (χ3n) is 4.61. The van der Waals surface area contributed by atoms with Crippen molar-refractivity contribution in [2.24, 2.45) is 26.2 Å². The van der Waals surface area contributed by atoms with Crippen LogP contribution in [-0.4, -0.2) is 41.1 Å². The Morgan fingerprint density at radius 3 is 2.69 bits per heavy atom. The van der Waals surface area contributed by atoms with Gasteiger partial charge in [0.25, 0.3) is 11.5 Å². The van der Waals surface area contributed by atoms with E-state index in [0.29, 0.717) is 11.3 Å². The Labute approximate surface area is 178 Å². The fraction of sp³-hybridized carbons (Fsp3) is 0.167. The number of carbonyl (C=O) groups excluding carboxylic acids is 1. The zero-order valence-electron chi connectivity index (χ0n) is 17.1. The van der Waals surface area contributed by atoms with Gasteiger partial charge in [-0.3, -0.25) is 23.3 Å². The molecule has 3 N–H and O–H groups in total. The maximum Gasteiger partial charge on any atom is 0.332 e. The number of ether oxygens (including phenoxy) is 1. The van der Waals surface area contributed by atoms with Crippen LogP contribution in [0.4, 0.5) is 5.82 Å². The second-order valence-corrected chi connectivity index (χ2v) is 6.70. The molecular weight excluding hydrogens is 422 g/mol. The van der Waals surface area contributed by atoms with E-state index in [2.05, 4.69) is 30.5 Å². The molecule has 3 aromatic heterocycles. The molecule has 14 heteroatoms. The van der Waals surface area contributed by atoms with Crippen LogP contribution in [0.5, 0.6) is 11.8 Å². The number of anilines is 1. The molecule has 0 saturated heterocycles. The summed E-state index contributed by atoms with van der Waals surface area (Å²) in [6.45, 7) is 0. The number of hydrogen-bond acceptors (Lipinski definition) is 10. The van der Waals surface area contributed by atoms with Gasteiger partial charge >= 0.3 is 11.7 Å². The van der Waals surface area contributed by atoms with Crippen LogP contribution in [0.25, 0.3) is 11.2 Å². The van der Waals surface area contributed by atoms with Crippen LogP contribution < -0.4 is 27.1 Å². The van der Waals surface area contributed by atoms with Crippen LogP contribution in [0, 0.1) is 0 Å². The van der Waals surface area contributed by atoms with Gasteiger partial charge in [-0.2, -0.15) is 10.1 Å². The van der Waals surface area contributed by atoms with E-state index >= 15 is 0 Å². The molecular formula is C18H17N9O5. The minimum Gasteiger partial charge on any atom is -0.425 e. The molecule has 0 atom stereocenters. The number of amides is 1. The maximum absolute atomic E-state index is 12.5.